The van der Waals surface area contributed by atoms with Crippen molar-refractivity contribution in [1.82, 2.24) is 24.3 Å². The molecule has 1 fully saturated rings. The molecule has 0 atom stereocenters. The molecule has 4 aromatic rings. The zero-order valence-corrected chi connectivity index (χ0v) is 17.9. The summed E-state index contributed by atoms with van der Waals surface area (Å²) in [6.07, 6.45) is 4.51. The van der Waals surface area contributed by atoms with Crippen LogP contribution < -0.4 is 5.56 Å². The number of amides is 1. The van der Waals surface area contributed by atoms with E-state index in [0.29, 0.717) is 11.4 Å². The fourth-order valence-corrected chi connectivity index (χ4v) is 4.84. The SMILES string of the molecule is O=C(Cn1ncn2nc(-c3cccs3)cc2c1=O)N1CCC(Cc2ccccc2)CC1. The Kier molecular flexibility index (Phi) is 5.38. The predicted molar refractivity (Wildman–Crippen MR) is 120 cm³/mol. The molecule has 0 spiro atoms. The number of benzene rings is 1. The molecule has 7 nitrogen and oxygen atoms in total. The molecule has 0 saturated carbocycles. The largest absolute Gasteiger partial charge is 0.341 e. The number of carbonyl (C=O) groups excluding carboxylic acids is 1. The normalized spacial score (nSPS) is 14.9. The number of rotatable bonds is 5. The van der Waals surface area contributed by atoms with E-state index in [4.69, 9.17) is 0 Å². The molecule has 4 heterocycles. The van der Waals surface area contributed by atoms with Crippen molar-refractivity contribution in [3.63, 3.8) is 0 Å². The molecule has 1 saturated heterocycles. The van der Waals surface area contributed by atoms with Gasteiger partial charge in [-0.15, -0.1) is 11.3 Å². The molecule has 3 aromatic heterocycles. The number of carbonyl (C=O) groups is 1. The van der Waals surface area contributed by atoms with Crippen molar-refractivity contribution in [3.8, 4) is 10.6 Å². The van der Waals surface area contributed by atoms with Gasteiger partial charge in [0.15, 0.2) is 0 Å². The molecule has 0 bridgehead atoms. The lowest BCUT2D eigenvalue weighted by atomic mass is 9.90. The lowest BCUT2D eigenvalue weighted by molar-refractivity contribution is -0.133. The third-order valence-electron chi connectivity index (χ3n) is 5.88. The van der Waals surface area contributed by atoms with Crippen molar-refractivity contribution in [1.29, 1.82) is 0 Å². The number of fused-ring (bicyclic) bond motifs is 1. The number of likely N-dealkylation sites (tertiary alicyclic amines) is 1. The number of hydrogen-bond acceptors (Lipinski definition) is 5. The first-order valence-corrected chi connectivity index (χ1v) is 11.4. The highest BCUT2D eigenvalue weighted by molar-refractivity contribution is 7.13. The van der Waals surface area contributed by atoms with Crippen molar-refractivity contribution in [2.24, 2.45) is 5.92 Å². The summed E-state index contributed by atoms with van der Waals surface area (Å²) in [5.41, 5.74) is 2.20. The van der Waals surface area contributed by atoms with Gasteiger partial charge in [-0.25, -0.2) is 9.20 Å². The molecule has 0 aliphatic carbocycles. The topological polar surface area (TPSA) is 72.5 Å². The molecule has 1 aliphatic rings. The molecule has 1 aliphatic heterocycles. The molecule has 31 heavy (non-hydrogen) atoms. The molecule has 0 N–H and O–H groups in total. The van der Waals surface area contributed by atoms with E-state index in [9.17, 15) is 9.59 Å². The summed E-state index contributed by atoms with van der Waals surface area (Å²) in [5.74, 6) is 0.529. The van der Waals surface area contributed by atoms with Crippen LogP contribution in [-0.2, 0) is 17.8 Å². The summed E-state index contributed by atoms with van der Waals surface area (Å²) >= 11 is 1.57. The number of nitrogens with zero attached hydrogens (tertiary/aromatic N) is 5. The summed E-state index contributed by atoms with van der Waals surface area (Å²) < 4.78 is 2.72. The smallest absolute Gasteiger partial charge is 0.293 e. The van der Waals surface area contributed by atoms with Crippen LogP contribution in [0.5, 0.6) is 0 Å². The van der Waals surface area contributed by atoms with Gasteiger partial charge in [-0.3, -0.25) is 9.59 Å². The Labute approximate surface area is 183 Å². The third kappa shape index (κ3) is 4.16. The number of piperidine rings is 1. The highest BCUT2D eigenvalue weighted by Gasteiger charge is 2.24. The quantitative estimate of drug-likeness (QED) is 0.485. The minimum Gasteiger partial charge on any atom is -0.341 e. The van der Waals surface area contributed by atoms with Gasteiger partial charge in [0.05, 0.1) is 4.88 Å². The van der Waals surface area contributed by atoms with Gasteiger partial charge in [-0.1, -0.05) is 36.4 Å². The lowest BCUT2D eigenvalue weighted by Gasteiger charge is -2.32. The van der Waals surface area contributed by atoms with Crippen molar-refractivity contribution in [2.75, 3.05) is 13.1 Å². The van der Waals surface area contributed by atoms with Gasteiger partial charge in [-0.05, 0) is 48.3 Å². The average Bonchev–Trinajstić information content (AvgIpc) is 3.47. The average molecular weight is 434 g/mol. The van der Waals surface area contributed by atoms with E-state index in [1.54, 1.807) is 17.4 Å². The summed E-state index contributed by atoms with van der Waals surface area (Å²) in [5, 5.41) is 10.6. The van der Waals surface area contributed by atoms with Gasteiger partial charge in [0.1, 0.15) is 24.1 Å². The Morgan fingerprint density at radius 1 is 1.10 bits per heavy atom. The van der Waals surface area contributed by atoms with Gasteiger partial charge in [0.2, 0.25) is 5.91 Å². The first-order chi connectivity index (χ1) is 15.2. The van der Waals surface area contributed by atoms with Gasteiger partial charge in [-0.2, -0.15) is 10.2 Å². The maximum atomic E-state index is 12.9. The second kappa shape index (κ2) is 8.47. The van der Waals surface area contributed by atoms with Crippen molar-refractivity contribution in [2.45, 2.75) is 25.8 Å². The fourth-order valence-electron chi connectivity index (χ4n) is 4.16. The number of thiophene rings is 1. The molecule has 1 aromatic carbocycles. The maximum absolute atomic E-state index is 12.9. The second-order valence-corrected chi connectivity index (χ2v) is 8.89. The molecule has 1 amide bonds. The Bertz CT molecular complexity index is 1240. The van der Waals surface area contributed by atoms with Crippen LogP contribution in [0.25, 0.3) is 16.1 Å². The second-order valence-electron chi connectivity index (χ2n) is 7.94. The third-order valence-corrected chi connectivity index (χ3v) is 6.78. The van der Waals surface area contributed by atoms with Crippen LogP contribution in [0.3, 0.4) is 0 Å². The van der Waals surface area contributed by atoms with E-state index in [0.717, 1.165) is 42.9 Å². The van der Waals surface area contributed by atoms with E-state index < -0.39 is 0 Å². The van der Waals surface area contributed by atoms with Crippen molar-refractivity contribution < 1.29 is 4.79 Å². The Morgan fingerprint density at radius 3 is 2.65 bits per heavy atom. The summed E-state index contributed by atoms with van der Waals surface area (Å²) in [4.78, 5) is 28.5. The molecule has 0 radical (unpaired) electrons. The number of aromatic nitrogens is 4. The van der Waals surface area contributed by atoms with Crippen LogP contribution in [-0.4, -0.2) is 43.3 Å². The molecular weight excluding hydrogens is 410 g/mol. The Hall–Kier alpha value is -3.26. The van der Waals surface area contributed by atoms with Gasteiger partial charge in [0.25, 0.3) is 5.56 Å². The van der Waals surface area contributed by atoms with E-state index in [-0.39, 0.29) is 18.0 Å². The van der Waals surface area contributed by atoms with E-state index in [1.165, 1.54) is 21.1 Å². The zero-order valence-electron chi connectivity index (χ0n) is 17.1. The standard InChI is InChI=1S/C23H23N5O2S/c29-22(26-10-8-18(9-11-26)13-17-5-2-1-3-6-17)15-27-23(30)20-14-19(21-7-4-12-31-21)25-28(20)16-24-27/h1-7,12,14,16,18H,8-11,13,15H2. The van der Waals surface area contributed by atoms with E-state index in [1.807, 2.05) is 28.5 Å². The molecule has 0 unspecified atom stereocenters. The Balaban J connectivity index is 1.24. The van der Waals surface area contributed by atoms with Crippen LogP contribution >= 0.6 is 11.3 Å². The van der Waals surface area contributed by atoms with Crippen LogP contribution in [0.1, 0.15) is 18.4 Å². The van der Waals surface area contributed by atoms with Crippen molar-refractivity contribution in [3.05, 3.63) is 76.2 Å². The van der Waals surface area contributed by atoms with Crippen LogP contribution in [0.4, 0.5) is 0 Å². The highest BCUT2D eigenvalue weighted by Crippen LogP contribution is 2.24. The summed E-state index contributed by atoms with van der Waals surface area (Å²) in [7, 11) is 0. The van der Waals surface area contributed by atoms with Gasteiger partial charge >= 0.3 is 0 Å². The Morgan fingerprint density at radius 2 is 1.90 bits per heavy atom. The predicted octanol–water partition coefficient (Wildman–Crippen LogP) is 3.10. The van der Waals surface area contributed by atoms with Crippen LogP contribution in [0.2, 0.25) is 0 Å². The number of hydrogen-bond donors (Lipinski definition) is 0. The van der Waals surface area contributed by atoms with E-state index in [2.05, 4.69) is 34.5 Å². The van der Waals surface area contributed by atoms with Crippen LogP contribution in [0.15, 0.2) is 65.0 Å². The minimum atomic E-state index is -0.301. The molecule has 158 valence electrons. The molecule has 5 rings (SSSR count). The first kappa shape index (κ1) is 19.7. The monoisotopic (exact) mass is 433 g/mol. The fraction of sp³-hybridized carbons (Fsp3) is 0.304. The first-order valence-electron chi connectivity index (χ1n) is 10.5. The van der Waals surface area contributed by atoms with Crippen molar-refractivity contribution >= 4 is 22.8 Å². The summed E-state index contributed by atoms with van der Waals surface area (Å²) in [6.45, 7) is 1.41. The van der Waals surface area contributed by atoms with Gasteiger partial charge < -0.3 is 4.90 Å². The lowest BCUT2D eigenvalue weighted by Crippen LogP contribution is -2.42. The minimum absolute atomic E-state index is 0.0435. The van der Waals surface area contributed by atoms with E-state index >= 15 is 0 Å². The zero-order chi connectivity index (χ0) is 21.2. The van der Waals surface area contributed by atoms with Crippen LogP contribution in [0, 0.1) is 5.92 Å². The maximum Gasteiger partial charge on any atom is 0.293 e. The summed E-state index contributed by atoms with van der Waals surface area (Å²) in [6, 6.07) is 16.2. The molecular formula is C23H23N5O2S. The highest BCUT2D eigenvalue weighted by atomic mass is 32.1. The molecule has 8 heteroatoms. The van der Waals surface area contributed by atoms with Gasteiger partial charge in [0, 0.05) is 13.1 Å².